The fourth-order valence-corrected chi connectivity index (χ4v) is 9.11. The van der Waals surface area contributed by atoms with Crippen molar-refractivity contribution in [3.63, 3.8) is 0 Å². The molecule has 1 aliphatic carbocycles. The van der Waals surface area contributed by atoms with Gasteiger partial charge in [0.1, 0.15) is 0 Å². The molecule has 1 atom stereocenters. The number of aromatic nitrogens is 4. The topological polar surface area (TPSA) is 51.6 Å². The van der Waals surface area contributed by atoms with Gasteiger partial charge >= 0.3 is 0 Å². The minimum Gasteiger partial charge on any atom is -0.261 e. The molecule has 8 aromatic rings. The van der Waals surface area contributed by atoms with Gasteiger partial charge in [-0.05, 0) is 76.2 Å². The van der Waals surface area contributed by atoms with Crippen LogP contribution in [0.1, 0.15) is 27.9 Å². The van der Waals surface area contributed by atoms with Gasteiger partial charge in [-0.3, -0.25) is 4.98 Å². The minimum atomic E-state index is -0.553. The molecule has 0 fully saturated rings. The molecule has 51 heavy (non-hydrogen) atoms. The van der Waals surface area contributed by atoms with Gasteiger partial charge in [-0.1, -0.05) is 139 Å². The lowest BCUT2D eigenvalue weighted by molar-refractivity contribution is 0.723. The average molecular weight is 671 g/mol. The van der Waals surface area contributed by atoms with Crippen molar-refractivity contribution in [2.45, 2.75) is 22.1 Å². The van der Waals surface area contributed by atoms with Crippen LogP contribution in [-0.4, -0.2) is 19.9 Å². The Morgan fingerprint density at radius 3 is 1.69 bits per heavy atom. The van der Waals surface area contributed by atoms with Gasteiger partial charge < -0.3 is 0 Å². The van der Waals surface area contributed by atoms with E-state index in [1.807, 2.05) is 60.4 Å². The number of rotatable bonds is 4. The first-order valence-corrected chi connectivity index (χ1v) is 18.0. The Bertz CT molecular complexity index is 2580. The van der Waals surface area contributed by atoms with Crippen LogP contribution >= 0.6 is 11.8 Å². The summed E-state index contributed by atoms with van der Waals surface area (Å²) in [5, 5.41) is 0. The second-order valence-corrected chi connectivity index (χ2v) is 14.1. The van der Waals surface area contributed by atoms with Gasteiger partial charge in [-0.2, -0.15) is 0 Å². The summed E-state index contributed by atoms with van der Waals surface area (Å²) in [6.07, 6.45) is 1.86. The van der Waals surface area contributed by atoms with E-state index in [0.717, 1.165) is 27.9 Å². The number of hydrogen-bond acceptors (Lipinski definition) is 5. The Labute approximate surface area is 301 Å². The van der Waals surface area contributed by atoms with Crippen LogP contribution in [0.3, 0.4) is 0 Å². The number of aryl methyl sites for hydroxylation is 1. The van der Waals surface area contributed by atoms with E-state index in [9.17, 15) is 0 Å². The molecule has 1 aliphatic heterocycles. The molecule has 0 N–H and O–H groups in total. The molecule has 2 aromatic heterocycles. The average Bonchev–Trinajstić information content (AvgIpc) is 3.48. The van der Waals surface area contributed by atoms with Crippen molar-refractivity contribution < 1.29 is 0 Å². The van der Waals surface area contributed by atoms with Gasteiger partial charge in [0.15, 0.2) is 17.5 Å². The summed E-state index contributed by atoms with van der Waals surface area (Å²) in [5.74, 6) is 1.95. The molecule has 240 valence electrons. The molecule has 1 spiro atoms. The van der Waals surface area contributed by atoms with Crippen molar-refractivity contribution in [1.82, 2.24) is 19.9 Å². The largest absolute Gasteiger partial charge is 0.261 e. The normalized spacial score (nSPS) is 15.2. The van der Waals surface area contributed by atoms with Crippen molar-refractivity contribution in [1.29, 1.82) is 0 Å². The number of pyridine rings is 1. The van der Waals surface area contributed by atoms with Crippen LogP contribution < -0.4 is 0 Å². The van der Waals surface area contributed by atoms with Gasteiger partial charge in [0.2, 0.25) is 0 Å². The second kappa shape index (κ2) is 11.7. The van der Waals surface area contributed by atoms with Gasteiger partial charge in [0.05, 0.1) is 5.41 Å². The summed E-state index contributed by atoms with van der Waals surface area (Å²) in [4.78, 5) is 22.4. The Hall–Kier alpha value is -6.17. The molecule has 0 saturated heterocycles. The van der Waals surface area contributed by atoms with E-state index in [4.69, 9.17) is 15.0 Å². The summed E-state index contributed by atoms with van der Waals surface area (Å²) >= 11 is 1.85. The fourth-order valence-electron chi connectivity index (χ4n) is 7.93. The maximum Gasteiger partial charge on any atom is 0.164 e. The molecule has 0 bridgehead atoms. The van der Waals surface area contributed by atoms with Crippen molar-refractivity contribution in [2.24, 2.45) is 0 Å². The van der Waals surface area contributed by atoms with Crippen LogP contribution in [0.25, 0.3) is 56.4 Å². The van der Waals surface area contributed by atoms with Gasteiger partial charge in [0, 0.05) is 43.9 Å². The van der Waals surface area contributed by atoms with Gasteiger partial charge in [-0.25, -0.2) is 15.0 Å². The molecular weight excluding hydrogens is 641 g/mol. The lowest BCUT2D eigenvalue weighted by Crippen LogP contribution is -2.32. The monoisotopic (exact) mass is 670 g/mol. The Balaban J connectivity index is 1.26. The minimum absolute atomic E-state index is 0.553. The number of fused-ring (bicyclic) bond motifs is 9. The van der Waals surface area contributed by atoms with E-state index in [-0.39, 0.29) is 0 Å². The van der Waals surface area contributed by atoms with Gasteiger partial charge in [0.25, 0.3) is 0 Å². The first-order chi connectivity index (χ1) is 25.2. The number of hydrogen-bond donors (Lipinski definition) is 0. The maximum atomic E-state index is 5.13. The summed E-state index contributed by atoms with van der Waals surface area (Å²) in [5.41, 5.74) is 13.2. The maximum absolute atomic E-state index is 5.13. The summed E-state index contributed by atoms with van der Waals surface area (Å²) in [6.45, 7) is 2.09. The number of benzene rings is 6. The van der Waals surface area contributed by atoms with Crippen LogP contribution in [0, 0.1) is 6.92 Å². The first kappa shape index (κ1) is 29.7. The van der Waals surface area contributed by atoms with Crippen molar-refractivity contribution in [2.75, 3.05) is 0 Å². The molecule has 5 heteroatoms. The van der Waals surface area contributed by atoms with Crippen molar-refractivity contribution in [3.05, 3.63) is 192 Å². The molecule has 4 nitrogen and oxygen atoms in total. The van der Waals surface area contributed by atoms with E-state index >= 15 is 0 Å². The molecule has 0 radical (unpaired) electrons. The highest BCUT2D eigenvalue weighted by Gasteiger charge is 2.50. The SMILES string of the molecule is Cc1ncccc1-c1ccc2c(c1)C1(c3ccccc3S2)c2ccccc2-c2ccc(-c3nc(-c4ccccc4)nc(-c4ccccc4)n3)cc21. The molecule has 10 rings (SSSR count). The van der Waals surface area contributed by atoms with E-state index in [1.165, 1.54) is 48.7 Å². The van der Waals surface area contributed by atoms with Crippen molar-refractivity contribution in [3.8, 4) is 56.4 Å². The predicted molar refractivity (Wildman–Crippen MR) is 206 cm³/mol. The summed E-state index contributed by atoms with van der Waals surface area (Å²) < 4.78 is 0. The van der Waals surface area contributed by atoms with Gasteiger partial charge in [-0.15, -0.1) is 0 Å². The smallest absolute Gasteiger partial charge is 0.164 e. The van der Waals surface area contributed by atoms with Crippen LogP contribution in [0.2, 0.25) is 0 Å². The third kappa shape index (κ3) is 4.62. The van der Waals surface area contributed by atoms with Crippen LogP contribution in [-0.2, 0) is 5.41 Å². The predicted octanol–water partition coefficient (Wildman–Crippen LogP) is 11.1. The molecule has 6 aromatic carbocycles. The third-order valence-electron chi connectivity index (χ3n) is 10.2. The highest BCUT2D eigenvalue weighted by Crippen LogP contribution is 2.62. The Morgan fingerprint density at radius 1 is 0.412 bits per heavy atom. The van der Waals surface area contributed by atoms with Crippen LogP contribution in [0.15, 0.2) is 174 Å². The second-order valence-electron chi connectivity index (χ2n) is 13.0. The Kier molecular flexibility index (Phi) is 6.83. The lowest BCUT2D eigenvalue weighted by atomic mass is 9.66. The zero-order valence-electron chi connectivity index (χ0n) is 27.8. The van der Waals surface area contributed by atoms with E-state index in [0.29, 0.717) is 17.5 Å². The third-order valence-corrected chi connectivity index (χ3v) is 11.4. The first-order valence-electron chi connectivity index (χ1n) is 17.1. The van der Waals surface area contributed by atoms with E-state index < -0.39 is 5.41 Å². The molecule has 1 unspecified atom stereocenters. The number of nitrogens with zero attached hydrogens (tertiary/aromatic N) is 4. The standard InChI is InChI=1S/C46H30N4S/c1-29-34(18-12-26-47-29)32-23-25-42-40(27-32)46(38-20-10-11-21-41(38)51-42)37-19-9-8-17-35(37)36-24-22-33(28-39(36)46)45-49-43(30-13-4-2-5-14-30)48-44(50-45)31-15-6-3-7-16-31/h2-28H,1H3. The highest BCUT2D eigenvalue weighted by atomic mass is 32.2. The quantitative estimate of drug-likeness (QED) is 0.187. The fraction of sp³-hybridized carbons (Fsp3) is 0.0435. The van der Waals surface area contributed by atoms with E-state index in [1.54, 1.807) is 0 Å². The summed E-state index contributed by atoms with van der Waals surface area (Å²) in [7, 11) is 0. The molecule has 0 amide bonds. The van der Waals surface area contributed by atoms with Crippen molar-refractivity contribution >= 4 is 11.8 Å². The molecular formula is C46H30N4S. The Morgan fingerprint density at radius 2 is 0.961 bits per heavy atom. The summed E-state index contributed by atoms with van der Waals surface area (Å²) in [6, 6.07) is 56.1. The zero-order valence-corrected chi connectivity index (χ0v) is 28.6. The molecule has 0 saturated carbocycles. The zero-order chi connectivity index (χ0) is 33.9. The highest BCUT2D eigenvalue weighted by molar-refractivity contribution is 7.99. The lowest BCUT2D eigenvalue weighted by Gasteiger charge is -2.40. The molecule has 3 heterocycles. The molecule has 2 aliphatic rings. The van der Waals surface area contributed by atoms with E-state index in [2.05, 4.69) is 127 Å². The van der Waals surface area contributed by atoms with Crippen LogP contribution in [0.5, 0.6) is 0 Å². The van der Waals surface area contributed by atoms with Crippen LogP contribution in [0.4, 0.5) is 0 Å².